The Morgan fingerprint density at radius 3 is 2.71 bits per heavy atom. The van der Waals surface area contributed by atoms with E-state index in [9.17, 15) is 14.3 Å². The highest BCUT2D eigenvalue weighted by Gasteiger charge is 2.35. The summed E-state index contributed by atoms with van der Waals surface area (Å²) < 4.78 is 12.9. The van der Waals surface area contributed by atoms with Crippen LogP contribution in [0.1, 0.15) is 35.0 Å². The van der Waals surface area contributed by atoms with Crippen LogP contribution in [0.2, 0.25) is 0 Å². The van der Waals surface area contributed by atoms with Crippen LogP contribution < -0.4 is 0 Å². The first kappa shape index (κ1) is 14.2. The molecule has 0 saturated heterocycles. The third kappa shape index (κ3) is 3.28. The molecule has 0 spiro atoms. The van der Waals surface area contributed by atoms with Gasteiger partial charge >= 0.3 is 0 Å². The third-order valence-electron chi connectivity index (χ3n) is 3.52. The zero-order valence-electron chi connectivity index (χ0n) is 11.3. The van der Waals surface area contributed by atoms with Crippen LogP contribution in [0.25, 0.3) is 0 Å². The maximum absolute atomic E-state index is 12.9. The maximum Gasteiger partial charge on any atom is 0.273 e. The quantitative estimate of drug-likeness (QED) is 0.924. The minimum atomic E-state index is -0.825. The molecule has 110 valence electrons. The molecule has 1 aliphatic carbocycles. The molecule has 1 unspecified atom stereocenters. The molecule has 2 aromatic rings. The van der Waals surface area contributed by atoms with Crippen molar-refractivity contribution in [3.63, 3.8) is 0 Å². The van der Waals surface area contributed by atoms with Crippen molar-refractivity contribution in [1.82, 2.24) is 9.88 Å². The van der Waals surface area contributed by atoms with Gasteiger partial charge in [-0.25, -0.2) is 9.37 Å². The number of benzene rings is 1. The van der Waals surface area contributed by atoms with Crippen LogP contribution in [-0.4, -0.2) is 33.5 Å². The zero-order chi connectivity index (χ0) is 14.8. The predicted octanol–water partition coefficient (Wildman–Crippen LogP) is 2.62. The standard InChI is InChI=1S/C15H15FN2O2S/c16-11-3-1-10(2-4-11)14(19)7-18(12-5-6-12)15(20)13-8-21-9-17-13/h1-4,8-9,12,14,19H,5-7H2. The molecular formula is C15H15FN2O2S. The van der Waals surface area contributed by atoms with E-state index in [4.69, 9.17) is 0 Å². The molecule has 1 amide bonds. The molecule has 1 fully saturated rings. The Morgan fingerprint density at radius 1 is 1.43 bits per heavy atom. The largest absolute Gasteiger partial charge is 0.387 e. The number of nitrogens with zero attached hydrogens (tertiary/aromatic N) is 2. The van der Waals surface area contributed by atoms with Crippen LogP contribution in [0.5, 0.6) is 0 Å². The minimum Gasteiger partial charge on any atom is -0.387 e. The molecule has 21 heavy (non-hydrogen) atoms. The molecule has 1 aromatic heterocycles. The lowest BCUT2D eigenvalue weighted by Gasteiger charge is -2.24. The number of carbonyl (C=O) groups is 1. The number of hydrogen-bond acceptors (Lipinski definition) is 4. The number of thiazole rings is 1. The van der Waals surface area contributed by atoms with Crippen LogP contribution in [-0.2, 0) is 0 Å². The van der Waals surface area contributed by atoms with E-state index in [1.54, 1.807) is 27.9 Å². The van der Waals surface area contributed by atoms with E-state index >= 15 is 0 Å². The fourth-order valence-electron chi connectivity index (χ4n) is 2.23. The second kappa shape index (κ2) is 5.91. The zero-order valence-corrected chi connectivity index (χ0v) is 12.1. The fourth-order valence-corrected chi connectivity index (χ4v) is 2.75. The maximum atomic E-state index is 12.9. The highest BCUT2D eigenvalue weighted by molar-refractivity contribution is 7.07. The summed E-state index contributed by atoms with van der Waals surface area (Å²) >= 11 is 1.37. The van der Waals surface area contributed by atoms with Crippen LogP contribution in [0, 0.1) is 5.82 Å². The van der Waals surface area contributed by atoms with Gasteiger partial charge in [0.2, 0.25) is 0 Å². The van der Waals surface area contributed by atoms with E-state index in [1.165, 1.54) is 23.5 Å². The summed E-state index contributed by atoms with van der Waals surface area (Å²) in [5.41, 5.74) is 2.64. The first-order valence-corrected chi connectivity index (χ1v) is 7.72. The summed E-state index contributed by atoms with van der Waals surface area (Å²) in [5, 5.41) is 12.0. The van der Waals surface area contributed by atoms with Crippen LogP contribution in [0.4, 0.5) is 4.39 Å². The van der Waals surface area contributed by atoms with Gasteiger partial charge in [0.25, 0.3) is 5.91 Å². The molecule has 0 aliphatic heterocycles. The lowest BCUT2D eigenvalue weighted by atomic mass is 10.1. The second-order valence-electron chi connectivity index (χ2n) is 5.13. The molecule has 1 atom stereocenters. The number of rotatable bonds is 5. The van der Waals surface area contributed by atoms with Crippen molar-refractivity contribution in [3.8, 4) is 0 Å². The van der Waals surface area contributed by atoms with Gasteiger partial charge in [0, 0.05) is 11.4 Å². The first-order chi connectivity index (χ1) is 10.1. The summed E-state index contributed by atoms with van der Waals surface area (Å²) in [4.78, 5) is 18.1. The average Bonchev–Trinajstić information content (AvgIpc) is 3.18. The van der Waals surface area contributed by atoms with Gasteiger partial charge in [0.1, 0.15) is 11.5 Å². The van der Waals surface area contributed by atoms with Crippen LogP contribution in [0.15, 0.2) is 35.2 Å². The Bertz CT molecular complexity index is 611. The summed E-state index contributed by atoms with van der Waals surface area (Å²) in [6.45, 7) is 0.201. The molecule has 1 aliphatic rings. The first-order valence-electron chi connectivity index (χ1n) is 6.78. The lowest BCUT2D eigenvalue weighted by Crippen LogP contribution is -2.36. The summed E-state index contributed by atoms with van der Waals surface area (Å²) in [6.07, 6.45) is 1.08. The molecule has 0 radical (unpaired) electrons. The monoisotopic (exact) mass is 306 g/mol. The van der Waals surface area contributed by atoms with Gasteiger partial charge in [-0.05, 0) is 30.5 Å². The highest BCUT2D eigenvalue weighted by Crippen LogP contribution is 2.30. The number of aliphatic hydroxyl groups excluding tert-OH is 1. The highest BCUT2D eigenvalue weighted by atomic mass is 32.1. The molecular weight excluding hydrogens is 291 g/mol. The van der Waals surface area contributed by atoms with Crippen molar-refractivity contribution in [1.29, 1.82) is 0 Å². The van der Waals surface area contributed by atoms with Gasteiger partial charge in [-0.3, -0.25) is 4.79 Å². The molecule has 1 N–H and O–H groups in total. The molecule has 1 aromatic carbocycles. The van der Waals surface area contributed by atoms with E-state index in [2.05, 4.69) is 4.98 Å². The number of halogens is 1. The molecule has 1 saturated carbocycles. The van der Waals surface area contributed by atoms with Gasteiger partial charge in [0.15, 0.2) is 0 Å². The SMILES string of the molecule is O=C(c1cscn1)N(CC(O)c1ccc(F)cc1)C1CC1. The number of aromatic nitrogens is 1. The normalized spacial score (nSPS) is 15.7. The van der Waals surface area contributed by atoms with Crippen molar-refractivity contribution in [2.75, 3.05) is 6.54 Å². The molecule has 6 heteroatoms. The average molecular weight is 306 g/mol. The smallest absolute Gasteiger partial charge is 0.273 e. The van der Waals surface area contributed by atoms with Gasteiger partial charge in [-0.15, -0.1) is 11.3 Å². The van der Waals surface area contributed by atoms with Crippen molar-refractivity contribution in [2.24, 2.45) is 0 Å². The van der Waals surface area contributed by atoms with E-state index in [0.29, 0.717) is 11.3 Å². The molecule has 1 heterocycles. The summed E-state index contributed by atoms with van der Waals surface area (Å²) in [6, 6.07) is 5.87. The molecule has 3 rings (SSSR count). The Balaban J connectivity index is 1.73. The van der Waals surface area contributed by atoms with Crippen molar-refractivity contribution in [2.45, 2.75) is 25.0 Å². The van der Waals surface area contributed by atoms with E-state index in [1.807, 2.05) is 0 Å². The third-order valence-corrected chi connectivity index (χ3v) is 4.11. The van der Waals surface area contributed by atoms with Gasteiger partial charge < -0.3 is 10.0 Å². The van der Waals surface area contributed by atoms with Crippen molar-refractivity contribution in [3.05, 3.63) is 52.2 Å². The predicted molar refractivity (Wildman–Crippen MR) is 77.5 cm³/mol. The van der Waals surface area contributed by atoms with Gasteiger partial charge in [-0.1, -0.05) is 12.1 Å². The van der Waals surface area contributed by atoms with Gasteiger partial charge in [-0.2, -0.15) is 0 Å². The Hall–Kier alpha value is -1.79. The van der Waals surface area contributed by atoms with E-state index in [0.717, 1.165) is 12.8 Å². The number of amides is 1. The summed E-state index contributed by atoms with van der Waals surface area (Å²) in [5.74, 6) is -0.497. The summed E-state index contributed by atoms with van der Waals surface area (Å²) in [7, 11) is 0. The van der Waals surface area contributed by atoms with Crippen molar-refractivity contribution < 1.29 is 14.3 Å². The minimum absolute atomic E-state index is 0.153. The number of aliphatic hydroxyl groups is 1. The van der Waals surface area contributed by atoms with Crippen LogP contribution in [0.3, 0.4) is 0 Å². The Kier molecular flexibility index (Phi) is 3.98. The van der Waals surface area contributed by atoms with Crippen molar-refractivity contribution >= 4 is 17.2 Å². The number of carbonyl (C=O) groups excluding carboxylic acids is 1. The Morgan fingerprint density at radius 2 is 2.14 bits per heavy atom. The molecule has 4 nitrogen and oxygen atoms in total. The molecule has 0 bridgehead atoms. The lowest BCUT2D eigenvalue weighted by molar-refractivity contribution is 0.0598. The second-order valence-corrected chi connectivity index (χ2v) is 5.85. The number of hydrogen-bond donors (Lipinski definition) is 1. The van der Waals surface area contributed by atoms with Crippen LogP contribution >= 0.6 is 11.3 Å². The topological polar surface area (TPSA) is 53.4 Å². The van der Waals surface area contributed by atoms with E-state index in [-0.39, 0.29) is 24.3 Å². The fraction of sp³-hybridized carbons (Fsp3) is 0.333. The van der Waals surface area contributed by atoms with Gasteiger partial charge in [0.05, 0.1) is 18.2 Å². The Labute approximate surface area is 125 Å². The van der Waals surface area contributed by atoms with E-state index < -0.39 is 6.10 Å².